The lowest BCUT2D eigenvalue weighted by Gasteiger charge is -2.45. The minimum atomic E-state index is -0.0960. The van der Waals surface area contributed by atoms with Gasteiger partial charge in [-0.1, -0.05) is 18.2 Å². The van der Waals surface area contributed by atoms with Gasteiger partial charge >= 0.3 is 0 Å². The van der Waals surface area contributed by atoms with Crippen molar-refractivity contribution in [3.8, 4) is 0 Å². The molecule has 1 aromatic carbocycles. The summed E-state index contributed by atoms with van der Waals surface area (Å²) in [5.74, 6) is 0.702. The Morgan fingerprint density at radius 2 is 1.94 bits per heavy atom. The molecule has 4 heteroatoms. The molecule has 2 nitrogen and oxygen atoms in total. The van der Waals surface area contributed by atoms with E-state index in [-0.39, 0.29) is 18.2 Å². The number of rotatable bonds is 3. The number of hydrogen-bond acceptors (Lipinski definition) is 2. The van der Waals surface area contributed by atoms with E-state index in [9.17, 15) is 4.39 Å². The molecule has 0 aromatic heterocycles. The Bertz CT molecular complexity index is 391. The van der Waals surface area contributed by atoms with Crippen molar-refractivity contribution in [3.05, 3.63) is 35.6 Å². The van der Waals surface area contributed by atoms with Crippen LogP contribution in [0.3, 0.4) is 0 Å². The van der Waals surface area contributed by atoms with Crippen molar-refractivity contribution < 1.29 is 16.8 Å². The van der Waals surface area contributed by atoms with Crippen LogP contribution in [-0.2, 0) is 6.54 Å². The van der Waals surface area contributed by atoms with Crippen LogP contribution < -0.4 is 17.7 Å². The highest BCUT2D eigenvalue weighted by Crippen LogP contribution is 2.27. The van der Waals surface area contributed by atoms with Gasteiger partial charge in [0.15, 0.2) is 0 Å². The highest BCUT2D eigenvalue weighted by atomic mass is 35.5. The fourth-order valence-corrected chi connectivity index (χ4v) is 3.08. The van der Waals surface area contributed by atoms with Gasteiger partial charge in [0.25, 0.3) is 0 Å². The molecule has 3 saturated heterocycles. The van der Waals surface area contributed by atoms with Gasteiger partial charge in [0, 0.05) is 24.7 Å². The summed E-state index contributed by atoms with van der Waals surface area (Å²) in [6.07, 6.45) is 2.60. The highest BCUT2D eigenvalue weighted by Gasteiger charge is 2.33. The summed E-state index contributed by atoms with van der Waals surface area (Å²) in [5.41, 5.74) is 0.781. The minimum Gasteiger partial charge on any atom is -1.00 e. The summed E-state index contributed by atoms with van der Waals surface area (Å²) in [6, 6.07) is 7.60. The Balaban J connectivity index is 0.00000120. The summed E-state index contributed by atoms with van der Waals surface area (Å²) >= 11 is 0. The SMILES string of the molecule is Fc1ccccc1CNC1CN2CCC1CC2.[Cl-]. The smallest absolute Gasteiger partial charge is 0.127 e. The molecule has 100 valence electrons. The molecule has 4 rings (SSSR count). The summed E-state index contributed by atoms with van der Waals surface area (Å²) < 4.78 is 13.5. The molecule has 3 heterocycles. The van der Waals surface area contributed by atoms with Gasteiger partial charge in [0.1, 0.15) is 5.82 Å². The van der Waals surface area contributed by atoms with Crippen molar-refractivity contribution in [1.82, 2.24) is 10.2 Å². The van der Waals surface area contributed by atoms with Gasteiger partial charge in [-0.05, 0) is 37.9 Å². The predicted molar refractivity (Wildman–Crippen MR) is 66.2 cm³/mol. The molecular weight excluding hydrogens is 251 g/mol. The van der Waals surface area contributed by atoms with Gasteiger partial charge in [-0.15, -0.1) is 0 Å². The van der Waals surface area contributed by atoms with Crippen LogP contribution in [0.4, 0.5) is 4.39 Å². The van der Waals surface area contributed by atoms with Crippen molar-refractivity contribution in [1.29, 1.82) is 0 Å². The molecule has 0 radical (unpaired) electrons. The normalized spacial score (nSPS) is 29.9. The summed E-state index contributed by atoms with van der Waals surface area (Å²) in [4.78, 5) is 2.51. The molecule has 1 aromatic rings. The highest BCUT2D eigenvalue weighted by molar-refractivity contribution is 5.17. The topological polar surface area (TPSA) is 15.3 Å². The monoisotopic (exact) mass is 269 g/mol. The molecule has 0 saturated carbocycles. The van der Waals surface area contributed by atoms with Crippen LogP contribution in [0.1, 0.15) is 18.4 Å². The second-order valence-electron chi connectivity index (χ2n) is 5.22. The fourth-order valence-electron chi connectivity index (χ4n) is 3.08. The average molecular weight is 270 g/mol. The van der Waals surface area contributed by atoms with E-state index in [1.54, 1.807) is 6.07 Å². The lowest BCUT2D eigenvalue weighted by molar-refractivity contribution is -0.00000409. The molecule has 1 N–H and O–H groups in total. The molecule has 0 spiro atoms. The molecule has 3 aliphatic heterocycles. The Morgan fingerprint density at radius 1 is 1.22 bits per heavy atom. The van der Waals surface area contributed by atoms with Crippen LogP contribution >= 0.6 is 0 Å². The zero-order valence-corrected chi connectivity index (χ0v) is 11.2. The molecule has 2 bridgehead atoms. The van der Waals surface area contributed by atoms with Gasteiger partial charge in [-0.2, -0.15) is 0 Å². The maximum Gasteiger partial charge on any atom is 0.127 e. The summed E-state index contributed by atoms with van der Waals surface area (Å²) in [7, 11) is 0. The maximum absolute atomic E-state index is 13.5. The molecule has 0 amide bonds. The number of nitrogens with zero attached hydrogens (tertiary/aromatic N) is 1. The van der Waals surface area contributed by atoms with Crippen molar-refractivity contribution in [3.63, 3.8) is 0 Å². The molecule has 3 fully saturated rings. The van der Waals surface area contributed by atoms with E-state index < -0.39 is 0 Å². The number of fused-ring (bicyclic) bond motifs is 3. The van der Waals surface area contributed by atoms with Crippen LogP contribution in [0.5, 0.6) is 0 Å². The Labute approximate surface area is 114 Å². The van der Waals surface area contributed by atoms with E-state index in [1.165, 1.54) is 32.0 Å². The van der Waals surface area contributed by atoms with E-state index in [2.05, 4.69) is 10.2 Å². The molecule has 3 aliphatic rings. The molecule has 1 unspecified atom stereocenters. The quantitative estimate of drug-likeness (QED) is 0.759. The summed E-state index contributed by atoms with van der Waals surface area (Å²) in [6.45, 7) is 4.30. The maximum atomic E-state index is 13.5. The molecule has 18 heavy (non-hydrogen) atoms. The standard InChI is InChI=1S/C14H19FN2.ClH/c15-13-4-2-1-3-12(13)9-16-14-10-17-7-5-11(14)6-8-17;/h1-4,11,14,16H,5-10H2;1H/p-1. The zero-order valence-electron chi connectivity index (χ0n) is 10.4. The van der Waals surface area contributed by atoms with Crippen LogP contribution in [0.15, 0.2) is 24.3 Å². The zero-order chi connectivity index (χ0) is 11.7. The Hall–Kier alpha value is -0.640. The lowest BCUT2D eigenvalue weighted by atomic mass is 9.84. The average Bonchev–Trinajstić information content (AvgIpc) is 2.39. The number of nitrogens with one attached hydrogen (secondary N) is 1. The third-order valence-corrected chi connectivity index (χ3v) is 4.17. The van der Waals surface area contributed by atoms with Gasteiger partial charge < -0.3 is 22.6 Å². The van der Waals surface area contributed by atoms with E-state index in [0.717, 1.165) is 18.0 Å². The van der Waals surface area contributed by atoms with Gasteiger partial charge in [0.05, 0.1) is 0 Å². The van der Waals surface area contributed by atoms with Crippen LogP contribution in [-0.4, -0.2) is 30.6 Å². The largest absolute Gasteiger partial charge is 1.00 e. The van der Waals surface area contributed by atoms with E-state index in [0.29, 0.717) is 12.6 Å². The summed E-state index contributed by atoms with van der Waals surface area (Å²) in [5, 5.41) is 3.53. The Kier molecular flexibility index (Phi) is 4.60. The molecule has 1 atom stereocenters. The first kappa shape index (κ1) is 13.8. The first-order valence-electron chi connectivity index (χ1n) is 6.52. The number of halogens is 2. The van der Waals surface area contributed by atoms with Crippen molar-refractivity contribution in [2.45, 2.75) is 25.4 Å². The van der Waals surface area contributed by atoms with Crippen molar-refractivity contribution in [2.75, 3.05) is 19.6 Å². The fraction of sp³-hybridized carbons (Fsp3) is 0.571. The molecule has 0 aliphatic carbocycles. The molecular formula is C14H19ClFN2-. The first-order valence-corrected chi connectivity index (χ1v) is 6.52. The third kappa shape index (κ3) is 2.85. The predicted octanol–water partition coefficient (Wildman–Crippen LogP) is -0.986. The van der Waals surface area contributed by atoms with Crippen molar-refractivity contribution in [2.24, 2.45) is 5.92 Å². The first-order chi connectivity index (χ1) is 8.33. The van der Waals surface area contributed by atoms with Gasteiger partial charge in [0.2, 0.25) is 0 Å². The van der Waals surface area contributed by atoms with Gasteiger partial charge in [-0.3, -0.25) is 0 Å². The second kappa shape index (κ2) is 6.00. The third-order valence-electron chi connectivity index (χ3n) is 4.17. The van der Waals surface area contributed by atoms with E-state index in [1.807, 2.05) is 12.1 Å². The van der Waals surface area contributed by atoms with E-state index >= 15 is 0 Å². The van der Waals surface area contributed by atoms with Crippen LogP contribution in [0.25, 0.3) is 0 Å². The Morgan fingerprint density at radius 3 is 2.56 bits per heavy atom. The van der Waals surface area contributed by atoms with Crippen molar-refractivity contribution >= 4 is 0 Å². The minimum absolute atomic E-state index is 0. The number of benzene rings is 1. The van der Waals surface area contributed by atoms with E-state index in [4.69, 9.17) is 0 Å². The van der Waals surface area contributed by atoms with Crippen LogP contribution in [0, 0.1) is 11.7 Å². The van der Waals surface area contributed by atoms with Gasteiger partial charge in [-0.25, -0.2) is 4.39 Å². The number of hydrogen-bond donors (Lipinski definition) is 1. The number of piperidine rings is 3. The lowest BCUT2D eigenvalue weighted by Crippen LogP contribution is -3.00. The van der Waals surface area contributed by atoms with Crippen LogP contribution in [0.2, 0.25) is 0 Å². The second-order valence-corrected chi connectivity index (χ2v) is 5.22.